The molecule has 0 spiro atoms. The average molecular weight is 239 g/mol. The molecule has 0 fully saturated rings. The molecule has 0 saturated carbocycles. The molecule has 0 aliphatic carbocycles. The Bertz CT molecular complexity index is 390. The Balaban J connectivity index is 2.57. The van der Waals surface area contributed by atoms with Crippen molar-refractivity contribution < 1.29 is 19.4 Å². The number of hydrogen-bond donors (Lipinski definition) is 2. The molecule has 0 atom stereocenters. The quantitative estimate of drug-likeness (QED) is 0.584. The van der Waals surface area contributed by atoms with E-state index >= 15 is 0 Å². The van der Waals surface area contributed by atoms with Crippen molar-refractivity contribution in [3.8, 4) is 5.75 Å². The maximum Gasteiger partial charge on any atom is 0.335 e. The van der Waals surface area contributed by atoms with Crippen LogP contribution in [0.2, 0.25) is 0 Å². The van der Waals surface area contributed by atoms with Crippen LogP contribution in [-0.4, -0.2) is 30.4 Å². The summed E-state index contributed by atoms with van der Waals surface area (Å²) in [7, 11) is 0. The molecule has 0 aliphatic heterocycles. The second-order valence-electron chi connectivity index (χ2n) is 3.83. The molecule has 0 radical (unpaired) electrons. The zero-order valence-corrected chi connectivity index (χ0v) is 9.97. The summed E-state index contributed by atoms with van der Waals surface area (Å²) in [6.45, 7) is 4.64. The van der Waals surface area contributed by atoms with Gasteiger partial charge in [0.15, 0.2) is 0 Å². The van der Waals surface area contributed by atoms with Gasteiger partial charge in [0.2, 0.25) is 0 Å². The van der Waals surface area contributed by atoms with Gasteiger partial charge in [-0.25, -0.2) is 4.79 Å². The van der Waals surface area contributed by atoms with E-state index in [0.29, 0.717) is 24.7 Å². The molecule has 0 heterocycles. The lowest BCUT2D eigenvalue weighted by Gasteiger charge is -2.11. The van der Waals surface area contributed by atoms with Gasteiger partial charge >= 0.3 is 5.97 Å². The van der Waals surface area contributed by atoms with Crippen molar-refractivity contribution in [2.24, 2.45) is 0 Å². The van der Waals surface area contributed by atoms with Crippen LogP contribution >= 0.6 is 0 Å². The third-order valence-electron chi connectivity index (χ3n) is 2.05. The van der Waals surface area contributed by atoms with Gasteiger partial charge < -0.3 is 20.3 Å². The van der Waals surface area contributed by atoms with Gasteiger partial charge in [-0.05, 0) is 32.0 Å². The second kappa shape index (κ2) is 6.10. The van der Waals surface area contributed by atoms with Crippen LogP contribution < -0.4 is 10.5 Å². The maximum absolute atomic E-state index is 10.8. The van der Waals surface area contributed by atoms with E-state index in [9.17, 15) is 4.79 Å². The molecule has 0 aromatic heterocycles. The number of nitrogen functional groups attached to an aromatic ring is 1. The summed E-state index contributed by atoms with van der Waals surface area (Å²) in [5.41, 5.74) is 6.24. The predicted molar refractivity (Wildman–Crippen MR) is 64.4 cm³/mol. The number of carboxylic acids is 1. The van der Waals surface area contributed by atoms with Gasteiger partial charge in [0.1, 0.15) is 12.4 Å². The minimum Gasteiger partial charge on any atom is -0.489 e. The highest BCUT2D eigenvalue weighted by molar-refractivity contribution is 5.89. The third kappa shape index (κ3) is 4.32. The fraction of sp³-hybridized carbons (Fsp3) is 0.417. The van der Waals surface area contributed by atoms with E-state index in [1.54, 1.807) is 0 Å². The molecule has 0 aliphatic rings. The van der Waals surface area contributed by atoms with E-state index in [2.05, 4.69) is 0 Å². The van der Waals surface area contributed by atoms with Gasteiger partial charge in [-0.15, -0.1) is 0 Å². The first-order chi connectivity index (χ1) is 8.00. The Morgan fingerprint density at radius 1 is 1.41 bits per heavy atom. The summed E-state index contributed by atoms with van der Waals surface area (Å²) in [5.74, 6) is -0.634. The van der Waals surface area contributed by atoms with Crippen LogP contribution in [0.15, 0.2) is 18.2 Å². The Hall–Kier alpha value is -1.75. The van der Waals surface area contributed by atoms with Crippen LogP contribution in [0.25, 0.3) is 0 Å². The normalized spacial score (nSPS) is 10.5. The lowest BCUT2D eigenvalue weighted by Crippen LogP contribution is -2.12. The Morgan fingerprint density at radius 3 is 2.71 bits per heavy atom. The first kappa shape index (κ1) is 13.3. The van der Waals surface area contributed by atoms with E-state index < -0.39 is 5.97 Å². The fourth-order valence-electron chi connectivity index (χ4n) is 1.23. The van der Waals surface area contributed by atoms with Gasteiger partial charge in [0, 0.05) is 0 Å². The summed E-state index contributed by atoms with van der Waals surface area (Å²) in [6.07, 6.45) is 0.140. The summed E-state index contributed by atoms with van der Waals surface area (Å²) in [5, 5.41) is 8.82. The van der Waals surface area contributed by atoms with E-state index in [1.165, 1.54) is 18.2 Å². The standard InChI is InChI=1S/C12H17NO4/c1-8(2)16-5-6-17-11-7-9(12(14)15)3-4-10(11)13/h3-4,7-8H,5-6,13H2,1-2H3,(H,14,15). The molecular formula is C12H17NO4. The average Bonchev–Trinajstić information content (AvgIpc) is 2.25. The van der Waals surface area contributed by atoms with Gasteiger partial charge in [0.05, 0.1) is 24.0 Å². The van der Waals surface area contributed by atoms with Crippen LogP contribution in [0.5, 0.6) is 5.75 Å². The molecule has 94 valence electrons. The topological polar surface area (TPSA) is 81.8 Å². The zero-order valence-electron chi connectivity index (χ0n) is 9.97. The molecular weight excluding hydrogens is 222 g/mol. The van der Waals surface area contributed by atoms with E-state index in [1.807, 2.05) is 13.8 Å². The minimum atomic E-state index is -1.01. The Labute approximate surface area is 100 Å². The zero-order chi connectivity index (χ0) is 12.8. The van der Waals surface area contributed by atoms with Crippen molar-refractivity contribution >= 4 is 11.7 Å². The molecule has 1 aromatic carbocycles. The number of ether oxygens (including phenoxy) is 2. The summed E-state index contributed by atoms with van der Waals surface area (Å²) >= 11 is 0. The van der Waals surface area contributed by atoms with Gasteiger partial charge in [-0.2, -0.15) is 0 Å². The Morgan fingerprint density at radius 2 is 2.12 bits per heavy atom. The molecule has 5 nitrogen and oxygen atoms in total. The largest absolute Gasteiger partial charge is 0.489 e. The smallest absolute Gasteiger partial charge is 0.335 e. The third-order valence-corrected chi connectivity index (χ3v) is 2.05. The Kier molecular flexibility index (Phi) is 4.78. The number of rotatable bonds is 6. The lowest BCUT2D eigenvalue weighted by atomic mass is 10.2. The van der Waals surface area contributed by atoms with Crippen molar-refractivity contribution in [2.75, 3.05) is 18.9 Å². The summed E-state index contributed by atoms with van der Waals surface area (Å²) in [6, 6.07) is 4.37. The summed E-state index contributed by atoms with van der Waals surface area (Å²) in [4.78, 5) is 10.8. The molecule has 1 aromatic rings. The van der Waals surface area contributed by atoms with Crippen molar-refractivity contribution in [3.05, 3.63) is 23.8 Å². The number of aromatic carboxylic acids is 1. The van der Waals surface area contributed by atoms with Gasteiger partial charge in [0.25, 0.3) is 0 Å². The van der Waals surface area contributed by atoms with E-state index in [4.69, 9.17) is 20.3 Å². The maximum atomic E-state index is 10.8. The summed E-state index contributed by atoms with van der Waals surface area (Å²) < 4.78 is 10.7. The number of carboxylic acid groups (broad SMARTS) is 1. The first-order valence-corrected chi connectivity index (χ1v) is 5.38. The monoisotopic (exact) mass is 239 g/mol. The van der Waals surface area contributed by atoms with Crippen LogP contribution in [0.3, 0.4) is 0 Å². The lowest BCUT2D eigenvalue weighted by molar-refractivity contribution is 0.0554. The van der Waals surface area contributed by atoms with Crippen LogP contribution in [-0.2, 0) is 4.74 Å². The van der Waals surface area contributed by atoms with Crippen molar-refractivity contribution in [1.29, 1.82) is 0 Å². The number of benzene rings is 1. The van der Waals surface area contributed by atoms with Crippen molar-refractivity contribution in [1.82, 2.24) is 0 Å². The number of hydrogen-bond acceptors (Lipinski definition) is 4. The fourth-order valence-corrected chi connectivity index (χ4v) is 1.23. The molecule has 0 bridgehead atoms. The molecule has 3 N–H and O–H groups in total. The molecule has 5 heteroatoms. The molecule has 0 unspecified atom stereocenters. The number of nitrogens with two attached hydrogens (primary N) is 1. The SMILES string of the molecule is CC(C)OCCOc1cc(C(=O)O)ccc1N. The minimum absolute atomic E-state index is 0.140. The molecule has 0 amide bonds. The predicted octanol–water partition coefficient (Wildman–Crippen LogP) is 1.77. The highest BCUT2D eigenvalue weighted by Gasteiger charge is 2.07. The van der Waals surface area contributed by atoms with Gasteiger partial charge in [-0.3, -0.25) is 0 Å². The van der Waals surface area contributed by atoms with Crippen LogP contribution in [0.4, 0.5) is 5.69 Å². The molecule has 1 rings (SSSR count). The molecule has 0 saturated heterocycles. The van der Waals surface area contributed by atoms with E-state index in [-0.39, 0.29) is 11.7 Å². The van der Waals surface area contributed by atoms with Crippen molar-refractivity contribution in [3.63, 3.8) is 0 Å². The highest BCUT2D eigenvalue weighted by atomic mass is 16.5. The van der Waals surface area contributed by atoms with Crippen LogP contribution in [0.1, 0.15) is 24.2 Å². The number of anilines is 1. The molecule has 17 heavy (non-hydrogen) atoms. The first-order valence-electron chi connectivity index (χ1n) is 5.38. The van der Waals surface area contributed by atoms with E-state index in [0.717, 1.165) is 0 Å². The van der Waals surface area contributed by atoms with Gasteiger partial charge in [-0.1, -0.05) is 0 Å². The second-order valence-corrected chi connectivity index (χ2v) is 3.83. The van der Waals surface area contributed by atoms with Crippen molar-refractivity contribution in [2.45, 2.75) is 20.0 Å². The number of carbonyl (C=O) groups is 1. The highest BCUT2D eigenvalue weighted by Crippen LogP contribution is 2.22. The van der Waals surface area contributed by atoms with Crippen LogP contribution in [0, 0.1) is 0 Å².